The molecular weight excluding hydrogens is 136 g/mol. The van der Waals surface area contributed by atoms with E-state index in [2.05, 4.69) is 26.8 Å². The van der Waals surface area contributed by atoms with Gasteiger partial charge in [-0.2, -0.15) is 0 Å². The Balaban J connectivity index is 2.74. The van der Waals surface area contributed by atoms with Crippen LogP contribution in [0, 0.1) is 17.3 Å². The van der Waals surface area contributed by atoms with Gasteiger partial charge in [-0.15, -0.1) is 0 Å². The Hall–Kier alpha value is -0.590. The third-order valence-electron chi connectivity index (χ3n) is 2.43. The molecule has 0 spiro atoms. The van der Waals surface area contributed by atoms with Crippen LogP contribution in [0.1, 0.15) is 27.2 Å². The molecule has 1 rings (SSSR count). The second-order valence-corrected chi connectivity index (χ2v) is 4.24. The first-order valence-corrected chi connectivity index (χ1v) is 4.20. The Morgan fingerprint density at radius 2 is 2.18 bits per heavy atom. The fourth-order valence-corrected chi connectivity index (χ4v) is 1.77. The van der Waals surface area contributed by atoms with Crippen LogP contribution in [0.15, 0.2) is 12.2 Å². The van der Waals surface area contributed by atoms with E-state index in [9.17, 15) is 4.79 Å². The van der Waals surface area contributed by atoms with E-state index in [4.69, 9.17) is 0 Å². The second kappa shape index (κ2) is 2.80. The second-order valence-electron chi connectivity index (χ2n) is 4.24. The van der Waals surface area contributed by atoms with E-state index in [-0.39, 0.29) is 5.92 Å². The normalized spacial score (nSPS) is 35.2. The van der Waals surface area contributed by atoms with Gasteiger partial charge in [-0.25, -0.2) is 0 Å². The number of rotatable bonds is 1. The smallest absolute Gasteiger partial charge is 0.127 e. The molecule has 0 N–H and O–H groups in total. The highest BCUT2D eigenvalue weighted by Gasteiger charge is 2.27. The predicted octanol–water partition coefficient (Wildman–Crippen LogP) is 2.42. The molecule has 62 valence electrons. The third-order valence-corrected chi connectivity index (χ3v) is 2.43. The van der Waals surface area contributed by atoms with Crippen LogP contribution in [0.25, 0.3) is 0 Å². The molecule has 1 nitrogen and oxygen atoms in total. The summed E-state index contributed by atoms with van der Waals surface area (Å²) in [6.45, 7) is 6.56. The molecule has 11 heavy (non-hydrogen) atoms. The maximum atomic E-state index is 10.5. The molecule has 0 aliphatic heterocycles. The Labute approximate surface area is 68.5 Å². The van der Waals surface area contributed by atoms with Crippen molar-refractivity contribution in [2.45, 2.75) is 27.2 Å². The molecule has 0 aromatic heterocycles. The van der Waals surface area contributed by atoms with Gasteiger partial charge in [-0.05, 0) is 17.8 Å². The van der Waals surface area contributed by atoms with Crippen LogP contribution < -0.4 is 0 Å². The number of hydrogen-bond donors (Lipinski definition) is 0. The molecule has 0 amide bonds. The van der Waals surface area contributed by atoms with E-state index in [1.807, 2.05) is 6.08 Å². The summed E-state index contributed by atoms with van der Waals surface area (Å²) in [5, 5.41) is 0. The van der Waals surface area contributed by atoms with Gasteiger partial charge in [0.15, 0.2) is 0 Å². The predicted molar refractivity (Wildman–Crippen MR) is 46.3 cm³/mol. The van der Waals surface area contributed by atoms with Crippen molar-refractivity contribution in [3.05, 3.63) is 12.2 Å². The van der Waals surface area contributed by atoms with Crippen molar-refractivity contribution in [1.82, 2.24) is 0 Å². The molecule has 0 aromatic rings. The Morgan fingerprint density at radius 1 is 1.55 bits per heavy atom. The largest absolute Gasteiger partial charge is 0.303 e. The first-order chi connectivity index (χ1) is 5.05. The standard InChI is InChI=1S/C10H16O/c1-8-6-10(2,3)5-4-9(8)7-11/h4-5,7-9H,6H2,1-3H3. The first-order valence-electron chi connectivity index (χ1n) is 4.20. The summed E-state index contributed by atoms with van der Waals surface area (Å²) in [5.41, 5.74) is 0.291. The average Bonchev–Trinajstić information content (AvgIpc) is 1.86. The van der Waals surface area contributed by atoms with Gasteiger partial charge in [0.25, 0.3) is 0 Å². The van der Waals surface area contributed by atoms with Crippen molar-refractivity contribution >= 4 is 6.29 Å². The number of carbonyl (C=O) groups excluding carboxylic acids is 1. The molecule has 0 bridgehead atoms. The van der Waals surface area contributed by atoms with E-state index >= 15 is 0 Å². The van der Waals surface area contributed by atoms with Crippen LogP contribution in [-0.2, 0) is 4.79 Å². The number of allylic oxidation sites excluding steroid dienone is 2. The van der Waals surface area contributed by atoms with Gasteiger partial charge in [-0.1, -0.05) is 32.9 Å². The Bertz CT molecular complexity index is 179. The van der Waals surface area contributed by atoms with Crippen LogP contribution in [0.4, 0.5) is 0 Å². The summed E-state index contributed by atoms with van der Waals surface area (Å²) in [4.78, 5) is 10.5. The zero-order chi connectivity index (χ0) is 8.48. The van der Waals surface area contributed by atoms with Crippen LogP contribution in [0.5, 0.6) is 0 Å². The Morgan fingerprint density at radius 3 is 2.64 bits per heavy atom. The van der Waals surface area contributed by atoms with Crippen LogP contribution in [0.2, 0.25) is 0 Å². The lowest BCUT2D eigenvalue weighted by Crippen LogP contribution is -2.24. The van der Waals surface area contributed by atoms with Gasteiger partial charge >= 0.3 is 0 Å². The molecule has 0 radical (unpaired) electrons. The maximum Gasteiger partial charge on any atom is 0.127 e. The molecule has 2 unspecified atom stereocenters. The summed E-state index contributed by atoms with van der Waals surface area (Å²) >= 11 is 0. The van der Waals surface area contributed by atoms with Gasteiger partial charge in [0, 0.05) is 5.92 Å². The van der Waals surface area contributed by atoms with E-state index in [0.717, 1.165) is 12.7 Å². The van der Waals surface area contributed by atoms with Crippen LogP contribution in [-0.4, -0.2) is 6.29 Å². The highest BCUT2D eigenvalue weighted by molar-refractivity contribution is 5.57. The summed E-state index contributed by atoms with van der Waals surface area (Å²) < 4.78 is 0. The summed E-state index contributed by atoms with van der Waals surface area (Å²) in [6, 6.07) is 0. The lowest BCUT2D eigenvalue weighted by Gasteiger charge is -2.31. The van der Waals surface area contributed by atoms with Gasteiger partial charge in [0.05, 0.1) is 0 Å². The monoisotopic (exact) mass is 152 g/mol. The van der Waals surface area contributed by atoms with Gasteiger partial charge in [0.2, 0.25) is 0 Å². The Kier molecular flexibility index (Phi) is 2.17. The quantitative estimate of drug-likeness (QED) is 0.416. The summed E-state index contributed by atoms with van der Waals surface area (Å²) in [5.74, 6) is 0.663. The fourth-order valence-electron chi connectivity index (χ4n) is 1.77. The van der Waals surface area contributed by atoms with Gasteiger partial charge < -0.3 is 4.79 Å². The SMILES string of the molecule is CC1CC(C)(C)C=CC1C=O. The molecule has 0 fully saturated rings. The first kappa shape index (κ1) is 8.51. The van der Waals surface area contributed by atoms with Crippen molar-refractivity contribution in [1.29, 1.82) is 0 Å². The molecular formula is C10H16O. The zero-order valence-electron chi connectivity index (χ0n) is 7.50. The minimum absolute atomic E-state index is 0.156. The molecule has 1 aliphatic carbocycles. The number of carbonyl (C=O) groups is 1. The number of aldehydes is 1. The van der Waals surface area contributed by atoms with Crippen molar-refractivity contribution < 1.29 is 4.79 Å². The topological polar surface area (TPSA) is 17.1 Å². The molecule has 2 atom stereocenters. The minimum Gasteiger partial charge on any atom is -0.303 e. The van der Waals surface area contributed by atoms with Crippen LogP contribution in [0.3, 0.4) is 0 Å². The molecule has 0 aromatic carbocycles. The van der Waals surface area contributed by atoms with Gasteiger partial charge in [0.1, 0.15) is 6.29 Å². The zero-order valence-corrected chi connectivity index (χ0v) is 7.50. The van der Waals surface area contributed by atoms with E-state index in [0.29, 0.717) is 11.3 Å². The maximum absolute atomic E-state index is 10.5. The highest BCUT2D eigenvalue weighted by atomic mass is 16.1. The molecule has 0 saturated carbocycles. The van der Waals surface area contributed by atoms with Crippen molar-refractivity contribution in [2.75, 3.05) is 0 Å². The van der Waals surface area contributed by atoms with Crippen molar-refractivity contribution in [3.8, 4) is 0 Å². The van der Waals surface area contributed by atoms with Crippen molar-refractivity contribution in [3.63, 3.8) is 0 Å². The molecule has 0 heterocycles. The van der Waals surface area contributed by atoms with E-state index in [1.165, 1.54) is 0 Å². The van der Waals surface area contributed by atoms with E-state index < -0.39 is 0 Å². The molecule has 1 heteroatoms. The third kappa shape index (κ3) is 1.92. The van der Waals surface area contributed by atoms with Crippen LogP contribution >= 0.6 is 0 Å². The fraction of sp³-hybridized carbons (Fsp3) is 0.700. The summed E-state index contributed by atoms with van der Waals surface area (Å²) in [6.07, 6.45) is 6.37. The molecule has 1 aliphatic rings. The summed E-state index contributed by atoms with van der Waals surface area (Å²) in [7, 11) is 0. The average molecular weight is 152 g/mol. The number of hydrogen-bond acceptors (Lipinski definition) is 1. The molecule has 0 saturated heterocycles. The van der Waals surface area contributed by atoms with Gasteiger partial charge in [-0.3, -0.25) is 0 Å². The highest BCUT2D eigenvalue weighted by Crippen LogP contribution is 2.35. The lowest BCUT2D eigenvalue weighted by atomic mass is 9.73. The van der Waals surface area contributed by atoms with E-state index in [1.54, 1.807) is 0 Å². The minimum atomic E-state index is 0.156. The van der Waals surface area contributed by atoms with Crippen molar-refractivity contribution in [2.24, 2.45) is 17.3 Å². The lowest BCUT2D eigenvalue weighted by molar-refractivity contribution is -0.111.